The molecule has 3 aromatic rings. The van der Waals surface area contributed by atoms with Crippen molar-refractivity contribution < 1.29 is 98.8 Å². The van der Waals surface area contributed by atoms with Crippen molar-refractivity contribution in [3.8, 4) is 5.75 Å². The van der Waals surface area contributed by atoms with Crippen LogP contribution in [-0.2, 0) is 75.3 Å². The van der Waals surface area contributed by atoms with Gasteiger partial charge in [-0.25, -0.2) is 4.98 Å². The quantitative estimate of drug-likeness (QED) is 0.0280. The number of nitrogens with two attached hydrogens (primary N) is 6. The third-order valence-corrected chi connectivity index (χ3v) is 23.2. The second kappa shape index (κ2) is 33.6. The Hall–Kier alpha value is -8.42. The summed E-state index contributed by atoms with van der Waals surface area (Å²) in [7, 11) is -5.32. The van der Waals surface area contributed by atoms with E-state index in [4.69, 9.17) is 85.4 Å². The molecule has 1 aromatic carbocycles. The van der Waals surface area contributed by atoms with Gasteiger partial charge in [0.25, 0.3) is 7.82 Å². The Labute approximate surface area is 619 Å². The van der Waals surface area contributed by atoms with Crippen LogP contribution in [0.4, 0.5) is 0 Å². The number of pyridine rings is 1. The molecule has 15 atom stereocenters. The van der Waals surface area contributed by atoms with Gasteiger partial charge >= 0.3 is 16.8 Å². The van der Waals surface area contributed by atoms with Gasteiger partial charge in [0.2, 0.25) is 41.4 Å². The molecule has 34 heteroatoms. The fourth-order valence-electron chi connectivity index (χ4n) is 16.2. The van der Waals surface area contributed by atoms with E-state index < -0.39 is 143 Å². The topological polar surface area (TPSA) is 559 Å². The number of nitrogens with one attached hydrogen (secondary N) is 1. The molecule has 0 saturated carbocycles. The average molecular weight is 1520 g/mol. The monoisotopic (exact) mass is 1520 g/mol. The number of phosphoric acid groups is 1. The summed E-state index contributed by atoms with van der Waals surface area (Å²) in [5.74, 6) is -7.56. The molecule has 17 N–H and O–H groups in total. The molecule has 2 unspecified atom stereocenters. The largest absolute Gasteiger partial charge is 3.00 e. The van der Waals surface area contributed by atoms with Gasteiger partial charge in [-0.05, 0) is 125 Å². The molecule has 32 nitrogen and oxygen atoms in total. The molecule has 8 bridgehead atoms. The number of allylic oxidation sites excluding steroid dienone is 6. The Morgan fingerprint density at radius 1 is 0.810 bits per heavy atom. The number of carbonyl (C=O) groups excluding carboxylic acids is 8. The van der Waals surface area contributed by atoms with Gasteiger partial charge in [0.05, 0.1) is 47.9 Å². The predicted molar refractivity (Wildman–Crippen MR) is 379 cm³/mol. The van der Waals surface area contributed by atoms with Crippen molar-refractivity contribution in [3.63, 3.8) is 0 Å². The van der Waals surface area contributed by atoms with Crippen LogP contribution in [-0.4, -0.2) is 149 Å². The zero-order valence-electron chi connectivity index (χ0n) is 61.1. The number of amides is 7. The van der Waals surface area contributed by atoms with Crippen LogP contribution in [0.2, 0.25) is 0 Å². The fraction of sp³-hybridized carbons (Fsp3) is 0.577. The molecule has 572 valence electrons. The van der Waals surface area contributed by atoms with Crippen LogP contribution in [0.3, 0.4) is 0 Å². The zero-order chi connectivity index (χ0) is 77.8. The van der Waals surface area contributed by atoms with Gasteiger partial charge in [0.15, 0.2) is 12.5 Å². The zero-order valence-corrected chi connectivity index (χ0v) is 63.0. The smallest absolute Gasteiger partial charge is 0.756 e. The number of primary amides is 6. The number of rotatable bonds is 28. The molecule has 6 aliphatic rings. The number of aromatic nitrogens is 3. The summed E-state index contributed by atoms with van der Waals surface area (Å²) in [6.45, 7) is 25.0. The predicted octanol–water partition coefficient (Wildman–Crippen LogP) is 3.81. The Morgan fingerprint density at radius 2 is 1.40 bits per heavy atom. The van der Waals surface area contributed by atoms with Crippen molar-refractivity contribution in [2.75, 3.05) is 13.2 Å². The summed E-state index contributed by atoms with van der Waals surface area (Å²) < 4.78 is 31.9. The number of ether oxygens (including phenoxy) is 1. The van der Waals surface area contributed by atoms with Crippen LogP contribution in [0.25, 0.3) is 16.4 Å². The molecule has 2 saturated heterocycles. The summed E-state index contributed by atoms with van der Waals surface area (Å²) >= 11 is 0. The number of fused-ring (bicyclic) bond motifs is 7. The number of phosphoric ester groups is 1. The van der Waals surface area contributed by atoms with E-state index in [1.54, 1.807) is 13.8 Å². The van der Waals surface area contributed by atoms with Gasteiger partial charge in [-0.2, -0.15) is 5.70 Å². The van der Waals surface area contributed by atoms with Crippen molar-refractivity contribution >= 4 is 83.6 Å². The van der Waals surface area contributed by atoms with Gasteiger partial charge in [0, 0.05) is 126 Å². The number of nitrogens with zero attached hydrogens (tertiary/aromatic N) is 8. The SMILES string of the molecule is C/C1=C2N=C(/C=C3N=C(/C(C)=C4\[N-][C@@](C)([C@@H]5N=C1[C@](C)(CCC(=O)NCC(C)OP(=O)([O-])O[C@H]1[C@@H](O)[C@@H](n6cnc7cc(C)c(C)cc76)O[C@@H]1CO)[C@H]5CC(N)=O)[C@@](C)(CC(N)=O)[C@@H]4CCC(N)=O)[C@@](C)(CC(N)=O)[C@@H]\3CCC(N)=O)C(C)(C)[C@@H]/2CCC(N)=O.Cc1ncc(CO)c(C=O)c1O.[C-]#N.[Co+3]. The molecule has 2 fully saturated rings. The summed E-state index contributed by atoms with van der Waals surface area (Å²) in [6, 6.07) is 2.65. The van der Waals surface area contributed by atoms with Crippen LogP contribution in [0, 0.1) is 77.9 Å². The van der Waals surface area contributed by atoms with E-state index in [0.29, 0.717) is 73.9 Å². The van der Waals surface area contributed by atoms with Crippen LogP contribution in [0.5, 0.6) is 5.75 Å². The maximum atomic E-state index is 14.4. The van der Waals surface area contributed by atoms with Crippen LogP contribution in [0.1, 0.15) is 172 Å². The van der Waals surface area contributed by atoms with Gasteiger partial charge in [-0.15, -0.1) is 0 Å². The van der Waals surface area contributed by atoms with Gasteiger partial charge < -0.3 is 101 Å². The summed E-state index contributed by atoms with van der Waals surface area (Å²) in [6.07, 6.45) is -2.91. The van der Waals surface area contributed by atoms with Crippen LogP contribution in [0.15, 0.2) is 73.9 Å². The van der Waals surface area contributed by atoms with Crippen molar-refractivity contribution in [2.24, 2.45) is 94.7 Å². The molecule has 105 heavy (non-hydrogen) atoms. The molecule has 6 aliphatic heterocycles. The van der Waals surface area contributed by atoms with E-state index in [2.05, 4.69) is 15.3 Å². The first-order valence-electron chi connectivity index (χ1n) is 34.2. The van der Waals surface area contributed by atoms with Crippen molar-refractivity contribution in [1.29, 1.82) is 5.26 Å². The summed E-state index contributed by atoms with van der Waals surface area (Å²) in [4.78, 5) is 142. The maximum Gasteiger partial charge on any atom is 3.00 e. The Bertz CT molecular complexity index is 4190. The number of imidazole rings is 1. The first kappa shape index (κ1) is 85.5. The number of aliphatic imine (C=N–C) groups is 3. The van der Waals surface area contributed by atoms with Crippen LogP contribution < -0.4 is 44.6 Å². The molecule has 9 rings (SSSR count). The fourth-order valence-corrected chi connectivity index (χ4v) is 17.4. The number of hydrogen-bond acceptors (Lipinski definition) is 23. The van der Waals surface area contributed by atoms with Gasteiger partial charge in [-0.3, -0.25) is 62.9 Å². The normalized spacial score (nSPS) is 30.5. The number of aliphatic hydroxyl groups excluding tert-OH is 3. The van der Waals surface area contributed by atoms with Gasteiger partial charge in [0.1, 0.15) is 24.1 Å². The first-order chi connectivity index (χ1) is 48.5. The number of aromatic hydroxyl groups is 1. The third-order valence-electron chi connectivity index (χ3n) is 22.1. The minimum atomic E-state index is -5.32. The molecule has 2 aromatic heterocycles. The molecule has 0 radical (unpaired) electrons. The molecular formula is C71H97CoN15O17P. The number of hydrogen-bond donors (Lipinski definition) is 11. The number of aliphatic hydroxyl groups is 3. The van der Waals surface area contributed by atoms with Gasteiger partial charge in [-0.1, -0.05) is 47.1 Å². The van der Waals surface area contributed by atoms with E-state index in [0.717, 1.165) is 11.1 Å². The standard InChI is InChI=1S/C62H90N13O14P.C8H9NO3.CN.Co/c1-29-20-39-40(21-30(29)2)75(28-70-39)57-52(84)53(41(27-76)87-57)89-90(85,86)88-31(3)26-69-49(83)18-19-59(8)37(22-46(66)80)56-62(11)61(10,25-48(68)82)36(14-17-45(65)79)51(74-62)33(5)55-60(9,24-47(67)81)34(12-15-43(63)77)38(71-55)23-42-58(6,7)35(13-16-44(64)78)50(72-42)32(4)54(59)73-56;1-5-8(12)7(4-11)6(3-10)2-9-5;1-2;/h20-21,23,28,31,34-37,41,52-53,56-57,76,84H,12-19,22,24-27H2,1-11H3,(H15,63,64,65,66,67,68,69,71,72,73,74,77,78,79,80,81,82,83,85,86);2,4,10,12H,3H2,1H3;;/q;;-1;+3/p-2/t31?,34-,35-,36-,37+,41-,52-,53-,56-,57+,59-,60+,61+,62+;;;/m1.../s1. The molecule has 0 aliphatic carbocycles. The second-order valence-electron chi connectivity index (χ2n) is 29.4. The van der Waals surface area contributed by atoms with E-state index in [9.17, 15) is 63.1 Å². The molecule has 8 heterocycles. The van der Waals surface area contributed by atoms with Crippen molar-refractivity contribution in [3.05, 3.63) is 98.8 Å². The Morgan fingerprint density at radius 3 is 1.96 bits per heavy atom. The average Bonchev–Trinajstić information content (AvgIpc) is 1.53. The van der Waals surface area contributed by atoms with E-state index in [-0.39, 0.29) is 112 Å². The minimum Gasteiger partial charge on any atom is -0.756 e. The Balaban J connectivity index is 0.00000104. The molecular weight excluding hydrogens is 1420 g/mol. The molecule has 0 spiro atoms. The first-order valence-corrected chi connectivity index (χ1v) is 35.6. The number of aryl methyl sites for hydroxylation is 3. The Kier molecular flexibility index (Phi) is 27.3. The summed E-state index contributed by atoms with van der Waals surface area (Å²) in [5, 5.41) is 54.4. The van der Waals surface area contributed by atoms with Crippen molar-refractivity contribution in [2.45, 2.75) is 203 Å². The third kappa shape index (κ3) is 17.4. The van der Waals surface area contributed by atoms with Crippen molar-refractivity contribution in [1.82, 2.24) is 19.9 Å². The minimum absolute atomic E-state index is 0. The maximum absolute atomic E-state index is 14.4. The van der Waals surface area contributed by atoms with E-state index >= 15 is 0 Å². The van der Waals surface area contributed by atoms with Crippen LogP contribution >= 0.6 is 7.82 Å². The molecule has 7 amide bonds. The second-order valence-corrected chi connectivity index (χ2v) is 30.7. The summed E-state index contributed by atoms with van der Waals surface area (Å²) in [5.41, 5.74) is 37.5. The number of carbonyl (C=O) groups is 8. The van der Waals surface area contributed by atoms with E-state index in [1.165, 1.54) is 24.0 Å². The number of aldehydes is 1. The number of benzene rings is 1. The van der Waals surface area contributed by atoms with E-state index in [1.807, 2.05) is 80.5 Å².